The second kappa shape index (κ2) is 2.48. The van der Waals surface area contributed by atoms with Crippen LogP contribution in [-0.4, -0.2) is 12.6 Å². The first-order chi connectivity index (χ1) is 5.26. The summed E-state index contributed by atoms with van der Waals surface area (Å²) in [5.74, 6) is 1.03. The first kappa shape index (κ1) is 7.60. The lowest BCUT2D eigenvalue weighted by Gasteiger charge is -2.23. The minimum Gasteiger partial charge on any atom is -0.313 e. The highest BCUT2D eigenvalue weighted by atomic mass is 15.0. The third-order valence-corrected chi connectivity index (χ3v) is 3.31. The van der Waals surface area contributed by atoms with Crippen molar-refractivity contribution in [2.24, 2.45) is 11.3 Å². The molecule has 0 saturated heterocycles. The minimum absolute atomic E-state index is 0.692. The molecule has 0 radical (unpaired) electrons. The summed E-state index contributed by atoms with van der Waals surface area (Å²) in [4.78, 5) is 0. The van der Waals surface area contributed by atoms with Gasteiger partial charge in [-0.25, -0.2) is 0 Å². The van der Waals surface area contributed by atoms with Crippen LogP contribution in [-0.2, 0) is 0 Å². The zero-order valence-electron chi connectivity index (χ0n) is 7.69. The largest absolute Gasteiger partial charge is 0.313 e. The maximum atomic E-state index is 3.65. The number of hydrogen-bond donors (Lipinski definition) is 1. The van der Waals surface area contributed by atoms with Crippen LogP contribution >= 0.6 is 0 Å². The van der Waals surface area contributed by atoms with E-state index < -0.39 is 0 Å². The van der Waals surface area contributed by atoms with Gasteiger partial charge in [-0.1, -0.05) is 13.8 Å². The fourth-order valence-electron chi connectivity index (χ4n) is 2.14. The van der Waals surface area contributed by atoms with Gasteiger partial charge >= 0.3 is 0 Å². The number of nitrogens with one attached hydrogen (secondary N) is 1. The van der Waals surface area contributed by atoms with E-state index in [1.807, 2.05) is 0 Å². The predicted molar refractivity (Wildman–Crippen MR) is 47.5 cm³/mol. The molecule has 0 amide bonds. The Bertz CT molecular complexity index is 145. The lowest BCUT2D eigenvalue weighted by Crippen LogP contribution is -2.37. The van der Waals surface area contributed by atoms with Crippen LogP contribution in [0.5, 0.6) is 0 Å². The van der Waals surface area contributed by atoms with E-state index in [2.05, 4.69) is 19.2 Å². The summed E-state index contributed by atoms with van der Waals surface area (Å²) in [5, 5.41) is 3.65. The normalized spacial score (nSPS) is 30.0. The molecule has 1 nitrogen and oxygen atoms in total. The molecule has 1 N–H and O–H groups in total. The molecule has 0 aliphatic heterocycles. The molecule has 1 atom stereocenters. The van der Waals surface area contributed by atoms with E-state index >= 15 is 0 Å². The van der Waals surface area contributed by atoms with Gasteiger partial charge in [0.1, 0.15) is 0 Å². The maximum Gasteiger partial charge on any atom is 0.0149 e. The van der Waals surface area contributed by atoms with Gasteiger partial charge in [-0.05, 0) is 43.6 Å². The Morgan fingerprint density at radius 1 is 1.45 bits per heavy atom. The Hall–Kier alpha value is -0.0400. The molecule has 2 fully saturated rings. The van der Waals surface area contributed by atoms with Gasteiger partial charge in [0.15, 0.2) is 0 Å². The minimum atomic E-state index is 0.692. The molecule has 0 aromatic rings. The average molecular weight is 153 g/mol. The second-order valence-electron chi connectivity index (χ2n) is 4.53. The Morgan fingerprint density at radius 3 is 2.45 bits per heavy atom. The first-order valence-corrected chi connectivity index (χ1v) is 4.99. The molecule has 64 valence electrons. The van der Waals surface area contributed by atoms with Gasteiger partial charge in [0, 0.05) is 6.04 Å². The molecule has 2 aliphatic rings. The number of hydrogen-bond acceptors (Lipinski definition) is 1. The van der Waals surface area contributed by atoms with Gasteiger partial charge in [0.2, 0.25) is 0 Å². The van der Waals surface area contributed by atoms with Gasteiger partial charge in [-0.15, -0.1) is 0 Å². The van der Waals surface area contributed by atoms with Gasteiger partial charge in [0.25, 0.3) is 0 Å². The second-order valence-corrected chi connectivity index (χ2v) is 4.53. The zero-order chi connectivity index (χ0) is 7.90. The monoisotopic (exact) mass is 153 g/mol. The van der Waals surface area contributed by atoms with Crippen molar-refractivity contribution in [2.45, 2.75) is 45.6 Å². The van der Waals surface area contributed by atoms with Gasteiger partial charge < -0.3 is 5.32 Å². The highest BCUT2D eigenvalue weighted by Crippen LogP contribution is 2.54. The molecular weight excluding hydrogens is 134 g/mol. The van der Waals surface area contributed by atoms with E-state index in [-0.39, 0.29) is 0 Å². The zero-order valence-corrected chi connectivity index (χ0v) is 7.69. The van der Waals surface area contributed by atoms with E-state index in [9.17, 15) is 0 Å². The van der Waals surface area contributed by atoms with Crippen LogP contribution in [0.25, 0.3) is 0 Å². The van der Waals surface area contributed by atoms with E-state index in [4.69, 9.17) is 0 Å². The predicted octanol–water partition coefficient (Wildman–Crippen LogP) is 2.17. The highest BCUT2D eigenvalue weighted by Gasteiger charge is 2.50. The number of rotatable bonds is 4. The van der Waals surface area contributed by atoms with E-state index in [0.717, 1.165) is 18.5 Å². The summed E-state index contributed by atoms with van der Waals surface area (Å²) in [5.41, 5.74) is 0.692. The Kier molecular flexibility index (Phi) is 1.71. The summed E-state index contributed by atoms with van der Waals surface area (Å²) >= 11 is 0. The third kappa shape index (κ3) is 1.44. The lowest BCUT2D eigenvalue weighted by molar-refractivity contribution is 0.327. The van der Waals surface area contributed by atoms with Crippen LogP contribution < -0.4 is 5.32 Å². The van der Waals surface area contributed by atoms with Crippen LogP contribution in [0.15, 0.2) is 0 Å². The quantitative estimate of drug-likeness (QED) is 0.652. The van der Waals surface area contributed by atoms with Crippen molar-refractivity contribution in [3.63, 3.8) is 0 Å². The van der Waals surface area contributed by atoms with Crippen molar-refractivity contribution in [3.05, 3.63) is 0 Å². The van der Waals surface area contributed by atoms with Crippen molar-refractivity contribution >= 4 is 0 Å². The fourth-order valence-corrected chi connectivity index (χ4v) is 2.14. The van der Waals surface area contributed by atoms with Gasteiger partial charge in [-0.3, -0.25) is 0 Å². The molecule has 0 spiro atoms. The SMILES string of the molecule is CCNC(C1CC1)C1(C)CC1. The molecule has 0 heterocycles. The van der Waals surface area contributed by atoms with Crippen molar-refractivity contribution in [1.82, 2.24) is 5.32 Å². The van der Waals surface area contributed by atoms with Crippen molar-refractivity contribution in [1.29, 1.82) is 0 Å². The molecule has 2 saturated carbocycles. The van der Waals surface area contributed by atoms with Crippen LogP contribution in [0, 0.1) is 11.3 Å². The van der Waals surface area contributed by atoms with E-state index in [1.54, 1.807) is 0 Å². The molecule has 11 heavy (non-hydrogen) atoms. The summed E-state index contributed by atoms with van der Waals surface area (Å²) in [7, 11) is 0. The first-order valence-electron chi connectivity index (χ1n) is 4.99. The smallest absolute Gasteiger partial charge is 0.0149 e. The molecule has 1 unspecified atom stereocenters. The van der Waals surface area contributed by atoms with Crippen LogP contribution in [0.3, 0.4) is 0 Å². The maximum absolute atomic E-state index is 3.65. The lowest BCUT2D eigenvalue weighted by atomic mass is 9.94. The summed E-state index contributed by atoms with van der Waals surface area (Å²) in [6.07, 6.45) is 5.88. The summed E-state index contributed by atoms with van der Waals surface area (Å²) in [6, 6.07) is 0.854. The topological polar surface area (TPSA) is 12.0 Å². The molecule has 1 heteroatoms. The highest BCUT2D eigenvalue weighted by molar-refractivity contribution is 5.04. The average Bonchev–Trinajstić information content (AvgIpc) is 2.79. The summed E-state index contributed by atoms with van der Waals surface area (Å²) in [6.45, 7) is 5.82. The van der Waals surface area contributed by atoms with Gasteiger partial charge in [0.05, 0.1) is 0 Å². The molecule has 0 bridgehead atoms. The molecule has 0 aromatic heterocycles. The Morgan fingerprint density at radius 2 is 2.09 bits per heavy atom. The van der Waals surface area contributed by atoms with Crippen LogP contribution in [0.1, 0.15) is 39.5 Å². The van der Waals surface area contributed by atoms with Gasteiger partial charge in [-0.2, -0.15) is 0 Å². The third-order valence-electron chi connectivity index (χ3n) is 3.31. The molecular formula is C10H19N. The molecule has 0 aromatic carbocycles. The van der Waals surface area contributed by atoms with E-state index in [1.165, 1.54) is 25.7 Å². The Labute approximate surface area is 69.6 Å². The standard InChI is InChI=1S/C10H19N/c1-3-11-9(8-4-5-8)10(2)6-7-10/h8-9,11H,3-7H2,1-2H3. The van der Waals surface area contributed by atoms with Crippen molar-refractivity contribution in [2.75, 3.05) is 6.54 Å². The van der Waals surface area contributed by atoms with Crippen molar-refractivity contribution in [3.8, 4) is 0 Å². The van der Waals surface area contributed by atoms with Crippen molar-refractivity contribution < 1.29 is 0 Å². The fraction of sp³-hybridized carbons (Fsp3) is 1.00. The Balaban J connectivity index is 1.92. The van der Waals surface area contributed by atoms with Crippen LogP contribution in [0.4, 0.5) is 0 Å². The summed E-state index contributed by atoms with van der Waals surface area (Å²) < 4.78 is 0. The molecule has 2 rings (SSSR count). The van der Waals surface area contributed by atoms with Crippen LogP contribution in [0.2, 0.25) is 0 Å². The molecule has 2 aliphatic carbocycles. The van der Waals surface area contributed by atoms with E-state index in [0.29, 0.717) is 5.41 Å².